The first-order valence-electron chi connectivity index (χ1n) is 6.79. The summed E-state index contributed by atoms with van der Waals surface area (Å²) in [4.78, 5) is 12.3. The molecule has 0 bridgehead atoms. The largest absolute Gasteiger partial charge is 0.345 e. The van der Waals surface area contributed by atoms with E-state index in [0.29, 0.717) is 0 Å². The highest BCUT2D eigenvalue weighted by Gasteiger charge is 2.24. The van der Waals surface area contributed by atoms with Crippen LogP contribution in [0.5, 0.6) is 0 Å². The van der Waals surface area contributed by atoms with Crippen LogP contribution >= 0.6 is 22.6 Å². The summed E-state index contributed by atoms with van der Waals surface area (Å²) in [5.74, 6) is 0.0137. The van der Waals surface area contributed by atoms with Gasteiger partial charge in [-0.3, -0.25) is 4.79 Å². The number of rotatable bonds is 2. The standard InChI is InChI=1S/C17H16INO/c1-11-2-8-15-13(10-11)5-9-16(15)19-17(20)12-3-6-14(18)7-4-12/h2-4,6-8,10,16H,5,9H2,1H3,(H,19,20)/t16-/m1/s1. The normalized spacial score (nSPS) is 16.8. The highest BCUT2D eigenvalue weighted by molar-refractivity contribution is 14.1. The van der Waals surface area contributed by atoms with Gasteiger partial charge in [0.2, 0.25) is 0 Å². The zero-order chi connectivity index (χ0) is 14.1. The van der Waals surface area contributed by atoms with Crippen LogP contribution in [0.4, 0.5) is 0 Å². The second-order valence-electron chi connectivity index (χ2n) is 5.27. The maximum Gasteiger partial charge on any atom is 0.251 e. The molecular formula is C17H16INO. The molecule has 2 aromatic rings. The molecular weight excluding hydrogens is 361 g/mol. The predicted molar refractivity (Wildman–Crippen MR) is 88.9 cm³/mol. The Morgan fingerprint density at radius 3 is 2.70 bits per heavy atom. The van der Waals surface area contributed by atoms with E-state index in [2.05, 4.69) is 53.0 Å². The van der Waals surface area contributed by atoms with E-state index < -0.39 is 0 Å². The molecule has 3 heteroatoms. The van der Waals surface area contributed by atoms with Gasteiger partial charge in [-0.25, -0.2) is 0 Å². The summed E-state index contributed by atoms with van der Waals surface area (Å²) in [6, 6.07) is 14.3. The third-order valence-corrected chi connectivity index (χ3v) is 4.51. The predicted octanol–water partition coefficient (Wildman–Crippen LogP) is 4.02. The van der Waals surface area contributed by atoms with Crippen molar-refractivity contribution in [3.05, 3.63) is 68.3 Å². The topological polar surface area (TPSA) is 29.1 Å². The Bertz CT molecular complexity index is 649. The van der Waals surface area contributed by atoms with Crippen LogP contribution < -0.4 is 5.32 Å². The van der Waals surface area contributed by atoms with Crippen molar-refractivity contribution in [1.82, 2.24) is 5.32 Å². The van der Waals surface area contributed by atoms with Gasteiger partial charge in [-0.05, 0) is 77.7 Å². The third-order valence-electron chi connectivity index (χ3n) is 3.79. The Labute approximate surface area is 132 Å². The first kappa shape index (κ1) is 13.6. The van der Waals surface area contributed by atoms with Crippen LogP contribution in [0.15, 0.2) is 42.5 Å². The van der Waals surface area contributed by atoms with Crippen molar-refractivity contribution < 1.29 is 4.79 Å². The highest BCUT2D eigenvalue weighted by atomic mass is 127. The van der Waals surface area contributed by atoms with Gasteiger partial charge >= 0.3 is 0 Å². The number of fused-ring (bicyclic) bond motifs is 1. The van der Waals surface area contributed by atoms with Gasteiger partial charge in [0.05, 0.1) is 6.04 Å². The van der Waals surface area contributed by atoms with Gasteiger partial charge in [0.1, 0.15) is 0 Å². The van der Waals surface area contributed by atoms with Crippen LogP contribution in [0.25, 0.3) is 0 Å². The zero-order valence-electron chi connectivity index (χ0n) is 11.3. The molecule has 0 saturated carbocycles. The fourth-order valence-electron chi connectivity index (χ4n) is 2.74. The minimum absolute atomic E-state index is 0.0137. The summed E-state index contributed by atoms with van der Waals surface area (Å²) in [6.07, 6.45) is 2.05. The summed E-state index contributed by atoms with van der Waals surface area (Å²) in [7, 11) is 0. The van der Waals surface area contributed by atoms with Crippen LogP contribution in [0.3, 0.4) is 0 Å². The lowest BCUT2D eigenvalue weighted by Gasteiger charge is -2.14. The van der Waals surface area contributed by atoms with E-state index in [0.717, 1.165) is 22.0 Å². The molecule has 0 spiro atoms. The molecule has 20 heavy (non-hydrogen) atoms. The van der Waals surface area contributed by atoms with Gasteiger partial charge in [-0.2, -0.15) is 0 Å². The minimum Gasteiger partial charge on any atom is -0.345 e. The van der Waals surface area contributed by atoms with Crippen LogP contribution in [0.1, 0.15) is 39.5 Å². The Morgan fingerprint density at radius 2 is 1.95 bits per heavy atom. The maximum atomic E-state index is 12.3. The number of hydrogen-bond donors (Lipinski definition) is 1. The van der Waals surface area contributed by atoms with Gasteiger partial charge in [0, 0.05) is 9.13 Å². The van der Waals surface area contributed by atoms with E-state index >= 15 is 0 Å². The second kappa shape index (κ2) is 5.56. The molecule has 0 unspecified atom stereocenters. The molecule has 3 rings (SSSR count). The smallest absolute Gasteiger partial charge is 0.251 e. The molecule has 1 amide bonds. The molecule has 1 aliphatic rings. The van der Waals surface area contributed by atoms with Crippen LogP contribution in [-0.2, 0) is 6.42 Å². The average molecular weight is 377 g/mol. The number of amides is 1. The molecule has 0 aliphatic heterocycles. The van der Waals surface area contributed by atoms with E-state index in [4.69, 9.17) is 0 Å². The van der Waals surface area contributed by atoms with Gasteiger partial charge in [0.25, 0.3) is 5.91 Å². The van der Waals surface area contributed by atoms with Crippen molar-refractivity contribution in [2.75, 3.05) is 0 Å². The number of hydrogen-bond acceptors (Lipinski definition) is 1. The van der Waals surface area contributed by atoms with E-state index in [1.54, 1.807) is 0 Å². The third kappa shape index (κ3) is 2.73. The molecule has 1 atom stereocenters. The van der Waals surface area contributed by atoms with Crippen molar-refractivity contribution in [2.45, 2.75) is 25.8 Å². The zero-order valence-corrected chi connectivity index (χ0v) is 13.5. The summed E-state index contributed by atoms with van der Waals surface area (Å²) >= 11 is 2.24. The van der Waals surface area contributed by atoms with Crippen molar-refractivity contribution in [2.24, 2.45) is 0 Å². The lowest BCUT2D eigenvalue weighted by Crippen LogP contribution is -2.27. The molecule has 1 aliphatic carbocycles. The fraction of sp³-hybridized carbons (Fsp3) is 0.235. The highest BCUT2D eigenvalue weighted by Crippen LogP contribution is 2.31. The van der Waals surface area contributed by atoms with Crippen LogP contribution in [-0.4, -0.2) is 5.91 Å². The second-order valence-corrected chi connectivity index (χ2v) is 6.52. The quantitative estimate of drug-likeness (QED) is 0.788. The van der Waals surface area contributed by atoms with Gasteiger partial charge in [0.15, 0.2) is 0 Å². The fourth-order valence-corrected chi connectivity index (χ4v) is 3.10. The van der Waals surface area contributed by atoms with Crippen molar-refractivity contribution >= 4 is 28.5 Å². The maximum absolute atomic E-state index is 12.3. The first-order chi connectivity index (χ1) is 9.63. The molecule has 2 nitrogen and oxygen atoms in total. The number of aryl methyl sites for hydroxylation is 2. The molecule has 0 radical (unpaired) electrons. The van der Waals surface area contributed by atoms with Gasteiger partial charge in [-0.1, -0.05) is 23.8 Å². The van der Waals surface area contributed by atoms with E-state index in [1.807, 2.05) is 24.3 Å². The first-order valence-corrected chi connectivity index (χ1v) is 7.87. The molecule has 0 saturated heterocycles. The van der Waals surface area contributed by atoms with Gasteiger partial charge < -0.3 is 5.32 Å². The molecule has 0 fully saturated rings. The van der Waals surface area contributed by atoms with E-state index in [-0.39, 0.29) is 11.9 Å². The van der Waals surface area contributed by atoms with Crippen LogP contribution in [0.2, 0.25) is 0 Å². The summed E-state index contributed by atoms with van der Waals surface area (Å²) in [6.45, 7) is 2.11. The number of benzene rings is 2. The van der Waals surface area contributed by atoms with Crippen molar-refractivity contribution in [3.63, 3.8) is 0 Å². The van der Waals surface area contributed by atoms with E-state index in [9.17, 15) is 4.79 Å². The lowest BCUT2D eigenvalue weighted by molar-refractivity contribution is 0.0936. The summed E-state index contributed by atoms with van der Waals surface area (Å²) in [5, 5.41) is 3.15. The number of carbonyl (C=O) groups excluding carboxylic acids is 1. The Morgan fingerprint density at radius 1 is 1.20 bits per heavy atom. The summed E-state index contributed by atoms with van der Waals surface area (Å²) in [5.41, 5.74) is 4.66. The van der Waals surface area contributed by atoms with Crippen molar-refractivity contribution in [3.8, 4) is 0 Å². The van der Waals surface area contributed by atoms with Crippen molar-refractivity contribution in [1.29, 1.82) is 0 Å². The SMILES string of the molecule is Cc1ccc2c(c1)CC[C@H]2NC(=O)c1ccc(I)cc1. The molecule has 0 heterocycles. The number of carbonyl (C=O) groups is 1. The Hall–Kier alpha value is -1.36. The number of halogens is 1. The molecule has 1 N–H and O–H groups in total. The molecule has 102 valence electrons. The number of nitrogens with one attached hydrogen (secondary N) is 1. The Balaban J connectivity index is 1.77. The monoisotopic (exact) mass is 377 g/mol. The lowest BCUT2D eigenvalue weighted by atomic mass is 10.1. The van der Waals surface area contributed by atoms with Gasteiger partial charge in [-0.15, -0.1) is 0 Å². The summed E-state index contributed by atoms with van der Waals surface area (Å²) < 4.78 is 1.14. The van der Waals surface area contributed by atoms with E-state index in [1.165, 1.54) is 16.7 Å². The molecule has 2 aromatic carbocycles. The van der Waals surface area contributed by atoms with Crippen LogP contribution in [0, 0.1) is 10.5 Å². The molecule has 0 aromatic heterocycles. The minimum atomic E-state index is 0.0137. The average Bonchev–Trinajstić information content (AvgIpc) is 2.81. The Kier molecular flexibility index (Phi) is 3.78.